The van der Waals surface area contributed by atoms with Crippen molar-refractivity contribution < 1.29 is 13.2 Å². The predicted molar refractivity (Wildman–Crippen MR) is 128 cm³/mol. The maximum Gasteiger partial charge on any atom is 0.253 e. The second kappa shape index (κ2) is 8.50. The third-order valence-corrected chi connectivity index (χ3v) is 7.77. The third kappa shape index (κ3) is 5.14. The van der Waals surface area contributed by atoms with Crippen LogP contribution >= 0.6 is 0 Å². The summed E-state index contributed by atoms with van der Waals surface area (Å²) >= 11 is 0. The molecule has 1 aliphatic heterocycles. The molecule has 172 valence electrons. The summed E-state index contributed by atoms with van der Waals surface area (Å²) in [4.78, 5) is 21.9. The number of benzene rings is 1. The van der Waals surface area contributed by atoms with Gasteiger partial charge in [-0.15, -0.1) is 0 Å². The zero-order valence-electron chi connectivity index (χ0n) is 19.5. The number of carbonyl (C=O) groups is 1. The summed E-state index contributed by atoms with van der Waals surface area (Å²) in [5.41, 5.74) is 3.62. The van der Waals surface area contributed by atoms with Gasteiger partial charge in [0.1, 0.15) is 15.7 Å². The predicted octanol–water partition coefficient (Wildman–Crippen LogP) is 3.55. The van der Waals surface area contributed by atoms with E-state index in [0.717, 1.165) is 24.5 Å². The van der Waals surface area contributed by atoms with E-state index in [9.17, 15) is 13.2 Å². The second-order valence-corrected chi connectivity index (χ2v) is 12.1. The summed E-state index contributed by atoms with van der Waals surface area (Å²) in [7, 11) is -3.09. The zero-order valence-corrected chi connectivity index (χ0v) is 20.3. The first-order valence-electron chi connectivity index (χ1n) is 11.3. The molecular weight excluding hydrogens is 422 g/mol. The molecule has 2 aromatic rings. The van der Waals surface area contributed by atoms with Crippen LogP contribution in [-0.2, 0) is 15.3 Å². The molecule has 32 heavy (non-hydrogen) atoms. The van der Waals surface area contributed by atoms with Crippen molar-refractivity contribution in [1.29, 1.82) is 0 Å². The zero-order chi connectivity index (χ0) is 23.1. The molecule has 0 radical (unpaired) electrons. The number of hydrogen-bond donors (Lipinski definition) is 0. The molecule has 1 aromatic heterocycles. The molecule has 0 unspecified atom stereocenters. The van der Waals surface area contributed by atoms with Gasteiger partial charge in [0.05, 0.1) is 5.75 Å². The highest BCUT2D eigenvalue weighted by Gasteiger charge is 2.28. The van der Waals surface area contributed by atoms with Gasteiger partial charge in [0.2, 0.25) is 0 Å². The van der Waals surface area contributed by atoms with Crippen LogP contribution in [0, 0.1) is 6.92 Å². The van der Waals surface area contributed by atoms with Crippen LogP contribution in [0.4, 0.5) is 5.82 Å². The van der Waals surface area contributed by atoms with Crippen LogP contribution in [0.5, 0.6) is 0 Å². The summed E-state index contributed by atoms with van der Waals surface area (Å²) < 4.78 is 23.5. The Hall–Kier alpha value is -2.41. The van der Waals surface area contributed by atoms with Gasteiger partial charge in [0.15, 0.2) is 0 Å². The lowest BCUT2D eigenvalue weighted by Gasteiger charge is -2.36. The minimum atomic E-state index is -3.09. The average Bonchev–Trinajstić information content (AvgIpc) is 3.57. The highest BCUT2D eigenvalue weighted by atomic mass is 32.2. The summed E-state index contributed by atoms with van der Waals surface area (Å²) in [5.74, 6) is 1.82. The molecule has 2 aliphatic rings. The van der Waals surface area contributed by atoms with Crippen molar-refractivity contribution in [3.8, 4) is 0 Å². The van der Waals surface area contributed by atoms with Crippen molar-refractivity contribution in [2.24, 2.45) is 0 Å². The molecule has 1 aliphatic carbocycles. The number of sulfone groups is 1. The third-order valence-electron chi connectivity index (χ3n) is 6.52. The number of aromatic nitrogens is 1. The van der Waals surface area contributed by atoms with Gasteiger partial charge in [-0.2, -0.15) is 0 Å². The van der Waals surface area contributed by atoms with E-state index in [1.165, 1.54) is 30.2 Å². The highest BCUT2D eigenvalue weighted by molar-refractivity contribution is 7.90. The molecule has 7 heteroatoms. The van der Waals surface area contributed by atoms with Crippen LogP contribution in [0.1, 0.15) is 59.7 Å². The van der Waals surface area contributed by atoms with Crippen molar-refractivity contribution in [1.82, 2.24) is 9.88 Å². The van der Waals surface area contributed by atoms with Crippen LogP contribution in [0.3, 0.4) is 0 Å². The lowest BCUT2D eigenvalue weighted by atomic mass is 9.86. The van der Waals surface area contributed by atoms with E-state index in [1.807, 2.05) is 49.2 Å². The molecular formula is C25H33N3O3S. The first kappa shape index (κ1) is 22.8. The summed E-state index contributed by atoms with van der Waals surface area (Å²) in [5, 5.41) is 0. The molecule has 4 rings (SSSR count). The number of rotatable bonds is 6. The number of carbonyl (C=O) groups excluding carboxylic acids is 1. The summed E-state index contributed by atoms with van der Waals surface area (Å²) in [6, 6.07) is 9.66. The van der Waals surface area contributed by atoms with Gasteiger partial charge in [-0.25, -0.2) is 13.4 Å². The van der Waals surface area contributed by atoms with E-state index in [4.69, 9.17) is 4.98 Å². The molecule has 1 saturated carbocycles. The molecule has 1 saturated heterocycles. The monoisotopic (exact) mass is 455 g/mol. The molecule has 0 bridgehead atoms. The number of hydrogen-bond acceptors (Lipinski definition) is 5. The summed E-state index contributed by atoms with van der Waals surface area (Å²) in [6.07, 6.45) is 5.82. The first-order chi connectivity index (χ1) is 15.0. The molecule has 0 atom stereocenters. The maximum atomic E-state index is 13.0. The maximum absolute atomic E-state index is 13.0. The number of amides is 1. The molecule has 0 N–H and O–H groups in total. The SMILES string of the molecule is Cc1cc(C2CC2)cnc1N1CCN(C(=O)c2ccc(C(C)(C)CS(C)(=O)=O)cc2)CC1. The molecule has 6 nitrogen and oxygen atoms in total. The van der Waals surface area contributed by atoms with Crippen molar-refractivity contribution in [2.45, 2.75) is 44.9 Å². The minimum absolute atomic E-state index is 0.0193. The number of nitrogens with zero attached hydrogens (tertiary/aromatic N) is 3. The van der Waals surface area contributed by atoms with Crippen molar-refractivity contribution in [2.75, 3.05) is 43.1 Å². The minimum Gasteiger partial charge on any atom is -0.353 e. The van der Waals surface area contributed by atoms with Gasteiger partial charge in [-0.1, -0.05) is 32.0 Å². The van der Waals surface area contributed by atoms with Gasteiger partial charge < -0.3 is 9.80 Å². The van der Waals surface area contributed by atoms with E-state index < -0.39 is 15.3 Å². The fraction of sp³-hybridized carbons (Fsp3) is 0.520. The van der Waals surface area contributed by atoms with E-state index >= 15 is 0 Å². The quantitative estimate of drug-likeness (QED) is 0.666. The fourth-order valence-corrected chi connectivity index (χ4v) is 6.14. The molecule has 0 spiro atoms. The van der Waals surface area contributed by atoms with Crippen LogP contribution < -0.4 is 4.90 Å². The Bertz CT molecular complexity index is 1100. The largest absolute Gasteiger partial charge is 0.353 e. The van der Waals surface area contributed by atoms with E-state index in [-0.39, 0.29) is 11.7 Å². The van der Waals surface area contributed by atoms with Crippen LogP contribution in [-0.4, -0.2) is 62.4 Å². The number of aryl methyl sites for hydroxylation is 1. The van der Waals surface area contributed by atoms with Gasteiger partial charge >= 0.3 is 0 Å². The van der Waals surface area contributed by atoms with E-state index in [2.05, 4.69) is 17.9 Å². The highest BCUT2D eigenvalue weighted by Crippen LogP contribution is 2.40. The number of piperazine rings is 1. The van der Waals surface area contributed by atoms with Gasteiger partial charge in [-0.05, 0) is 54.5 Å². The number of pyridine rings is 1. The van der Waals surface area contributed by atoms with Gasteiger partial charge in [0.25, 0.3) is 5.91 Å². The summed E-state index contributed by atoms with van der Waals surface area (Å²) in [6.45, 7) is 8.80. The van der Waals surface area contributed by atoms with Crippen molar-refractivity contribution >= 4 is 21.6 Å². The number of anilines is 1. The Balaban J connectivity index is 1.38. The average molecular weight is 456 g/mol. The lowest BCUT2D eigenvalue weighted by Crippen LogP contribution is -2.49. The first-order valence-corrected chi connectivity index (χ1v) is 13.4. The van der Waals surface area contributed by atoms with E-state index in [1.54, 1.807) is 0 Å². The van der Waals surface area contributed by atoms with Gasteiger partial charge in [-0.3, -0.25) is 4.79 Å². The van der Waals surface area contributed by atoms with Crippen molar-refractivity contribution in [3.63, 3.8) is 0 Å². The smallest absolute Gasteiger partial charge is 0.253 e. The lowest BCUT2D eigenvalue weighted by molar-refractivity contribution is 0.0746. The molecule has 2 fully saturated rings. The van der Waals surface area contributed by atoms with Crippen molar-refractivity contribution in [3.05, 3.63) is 58.8 Å². The van der Waals surface area contributed by atoms with Crippen LogP contribution in [0.15, 0.2) is 36.5 Å². The van der Waals surface area contributed by atoms with Crippen LogP contribution in [0.2, 0.25) is 0 Å². The van der Waals surface area contributed by atoms with Gasteiger partial charge in [0, 0.05) is 49.6 Å². The Kier molecular flexibility index (Phi) is 6.05. The molecule has 1 aromatic carbocycles. The topological polar surface area (TPSA) is 70.6 Å². The Morgan fingerprint density at radius 2 is 1.72 bits per heavy atom. The fourth-order valence-electron chi connectivity index (χ4n) is 4.67. The standard InChI is InChI=1S/C25H33N3O3S/c1-18-15-21(19-5-6-19)16-26-23(18)27-11-13-28(14-12-27)24(29)20-7-9-22(10-8-20)25(2,3)17-32(4,30)31/h7-10,15-16,19H,5-6,11-14,17H2,1-4H3. The Morgan fingerprint density at radius 1 is 1.09 bits per heavy atom. The normalized spacial score (nSPS) is 17.5. The van der Waals surface area contributed by atoms with Crippen LogP contribution in [0.25, 0.3) is 0 Å². The second-order valence-electron chi connectivity index (χ2n) is 9.99. The molecule has 1 amide bonds. The van der Waals surface area contributed by atoms with E-state index in [0.29, 0.717) is 24.6 Å². The Morgan fingerprint density at radius 3 is 2.25 bits per heavy atom. The Labute approximate surface area is 191 Å². The molecule has 2 heterocycles.